The van der Waals surface area contributed by atoms with Crippen LogP contribution in [0.2, 0.25) is 0 Å². The lowest BCUT2D eigenvalue weighted by Crippen LogP contribution is -2.61. The fraction of sp³-hybridized carbons (Fsp3) is 0.375. The molecular weight excluding hydrogens is 467 g/mol. The summed E-state index contributed by atoms with van der Waals surface area (Å²) in [6.07, 6.45) is -4.45. The van der Waals surface area contributed by atoms with Gasteiger partial charge in [0.25, 0.3) is 0 Å². The number of hydrogen-bond donors (Lipinski definition) is 2. The molecule has 0 spiro atoms. The maximum absolute atomic E-state index is 13.4. The van der Waals surface area contributed by atoms with Crippen molar-refractivity contribution in [2.45, 2.75) is 37.5 Å². The first kappa shape index (κ1) is 25.8. The molecule has 2 aromatic rings. The summed E-state index contributed by atoms with van der Waals surface area (Å²) in [6, 6.07) is 11.4. The Hall–Kier alpha value is -3.78. The molecule has 2 aromatic carbocycles. The summed E-state index contributed by atoms with van der Waals surface area (Å²) in [6.45, 7) is 0.696. The van der Waals surface area contributed by atoms with E-state index >= 15 is 0 Å². The SMILES string of the molecule is COc1ccc(Oc2ccc(CNC(=O)C3(NC(=O)CC#N)CCOCC3)cc2)c(C(F)(F)F)c1. The fourth-order valence-corrected chi connectivity index (χ4v) is 3.61. The van der Waals surface area contributed by atoms with E-state index in [1.807, 2.05) is 0 Å². The Morgan fingerprint density at radius 2 is 1.77 bits per heavy atom. The molecule has 1 heterocycles. The van der Waals surface area contributed by atoms with Gasteiger partial charge in [-0.15, -0.1) is 0 Å². The van der Waals surface area contributed by atoms with Crippen LogP contribution in [0.4, 0.5) is 13.2 Å². The smallest absolute Gasteiger partial charge is 0.420 e. The van der Waals surface area contributed by atoms with Crippen LogP contribution in [0.3, 0.4) is 0 Å². The van der Waals surface area contributed by atoms with E-state index in [2.05, 4.69) is 10.6 Å². The highest BCUT2D eigenvalue weighted by Gasteiger charge is 2.41. The number of nitriles is 1. The molecule has 1 aliphatic heterocycles. The zero-order valence-corrected chi connectivity index (χ0v) is 18.9. The number of ether oxygens (including phenoxy) is 3. The second-order valence-electron chi connectivity index (χ2n) is 7.87. The number of halogens is 3. The minimum absolute atomic E-state index is 0.0573. The van der Waals surface area contributed by atoms with E-state index in [-0.39, 0.29) is 56.3 Å². The number of nitrogens with one attached hydrogen (secondary N) is 2. The summed E-state index contributed by atoms with van der Waals surface area (Å²) in [5.41, 5.74) is -1.46. The van der Waals surface area contributed by atoms with Crippen molar-refractivity contribution < 1.29 is 37.0 Å². The van der Waals surface area contributed by atoms with Gasteiger partial charge in [0.1, 0.15) is 34.8 Å². The number of alkyl halides is 3. The van der Waals surface area contributed by atoms with Gasteiger partial charge in [-0.1, -0.05) is 12.1 Å². The zero-order chi connectivity index (χ0) is 25.5. The van der Waals surface area contributed by atoms with Crippen molar-refractivity contribution in [1.82, 2.24) is 10.6 Å². The minimum atomic E-state index is -4.63. The Kier molecular flexibility index (Phi) is 8.19. The Morgan fingerprint density at radius 3 is 2.37 bits per heavy atom. The molecule has 186 valence electrons. The van der Waals surface area contributed by atoms with Crippen molar-refractivity contribution in [2.75, 3.05) is 20.3 Å². The van der Waals surface area contributed by atoms with Crippen molar-refractivity contribution in [3.8, 4) is 23.3 Å². The second kappa shape index (κ2) is 11.1. The van der Waals surface area contributed by atoms with E-state index in [4.69, 9.17) is 19.5 Å². The van der Waals surface area contributed by atoms with Gasteiger partial charge in [-0.2, -0.15) is 18.4 Å². The quantitative estimate of drug-likeness (QED) is 0.583. The Morgan fingerprint density at radius 1 is 1.11 bits per heavy atom. The van der Waals surface area contributed by atoms with Crippen molar-refractivity contribution in [1.29, 1.82) is 5.26 Å². The first-order chi connectivity index (χ1) is 16.7. The third-order valence-corrected chi connectivity index (χ3v) is 5.50. The van der Waals surface area contributed by atoms with Crippen LogP contribution < -0.4 is 20.1 Å². The lowest BCUT2D eigenvalue weighted by atomic mass is 9.88. The highest BCUT2D eigenvalue weighted by molar-refractivity contribution is 5.92. The van der Waals surface area contributed by atoms with Crippen molar-refractivity contribution in [2.24, 2.45) is 0 Å². The molecule has 3 rings (SSSR count). The molecule has 0 aromatic heterocycles. The van der Waals surface area contributed by atoms with Crippen molar-refractivity contribution in [3.63, 3.8) is 0 Å². The molecule has 8 nitrogen and oxygen atoms in total. The molecule has 11 heteroatoms. The molecule has 0 atom stereocenters. The number of carbonyl (C=O) groups excluding carboxylic acids is 2. The number of amides is 2. The van der Waals surface area contributed by atoms with Gasteiger partial charge in [-0.25, -0.2) is 0 Å². The Bertz CT molecular complexity index is 1090. The number of methoxy groups -OCH3 is 1. The second-order valence-corrected chi connectivity index (χ2v) is 7.87. The molecule has 0 bridgehead atoms. The first-order valence-corrected chi connectivity index (χ1v) is 10.7. The molecular formula is C24H24F3N3O5. The molecule has 0 saturated carbocycles. The summed E-state index contributed by atoms with van der Waals surface area (Å²) in [7, 11) is 1.28. The van der Waals surface area contributed by atoms with Crippen LogP contribution in [0.5, 0.6) is 17.2 Å². The normalized spacial score (nSPS) is 14.9. The average Bonchev–Trinajstić information content (AvgIpc) is 2.83. The number of nitrogens with zero attached hydrogens (tertiary/aromatic N) is 1. The van der Waals surface area contributed by atoms with Crippen LogP contribution in [0, 0.1) is 11.3 Å². The molecule has 1 aliphatic rings. The average molecular weight is 491 g/mol. The van der Waals surface area contributed by atoms with Crippen molar-refractivity contribution >= 4 is 11.8 Å². The third-order valence-electron chi connectivity index (χ3n) is 5.50. The van der Waals surface area contributed by atoms with Gasteiger partial charge < -0.3 is 24.8 Å². The lowest BCUT2D eigenvalue weighted by molar-refractivity contribution is -0.138. The first-order valence-electron chi connectivity index (χ1n) is 10.7. The van der Waals surface area contributed by atoms with Crippen LogP contribution in [0.1, 0.15) is 30.4 Å². The summed E-state index contributed by atoms with van der Waals surface area (Å²) in [4.78, 5) is 24.9. The molecule has 0 radical (unpaired) electrons. The van der Waals surface area contributed by atoms with Crippen LogP contribution in [-0.4, -0.2) is 37.7 Å². The summed E-state index contributed by atoms with van der Waals surface area (Å²) in [5, 5.41) is 14.2. The monoisotopic (exact) mass is 491 g/mol. The lowest BCUT2D eigenvalue weighted by Gasteiger charge is -2.36. The standard InChI is InChI=1S/C24H24F3N3O5/c1-33-18-6-7-20(19(14-18)24(25,26)27)35-17-4-2-16(3-5-17)15-29-22(32)23(9-12-34-13-10-23)30-21(31)8-11-28/h2-7,14H,8-10,12-13,15H2,1H3,(H,29,32)(H,30,31). The van der Waals surface area contributed by atoms with Gasteiger partial charge >= 0.3 is 6.18 Å². The Balaban J connectivity index is 1.66. The summed E-state index contributed by atoms with van der Waals surface area (Å²) < 4.78 is 55.8. The van der Waals surface area contributed by atoms with Crippen molar-refractivity contribution in [3.05, 3.63) is 53.6 Å². The Labute approximate surface area is 200 Å². The maximum Gasteiger partial charge on any atom is 0.420 e. The van der Waals surface area contributed by atoms with Crippen LogP contribution in [0.15, 0.2) is 42.5 Å². The molecule has 1 saturated heterocycles. The maximum atomic E-state index is 13.4. The van der Waals surface area contributed by atoms with Gasteiger partial charge in [-0.05, 0) is 35.9 Å². The van der Waals surface area contributed by atoms with Gasteiger partial charge in [0.2, 0.25) is 11.8 Å². The predicted molar refractivity (Wildman–Crippen MR) is 118 cm³/mol. The van der Waals surface area contributed by atoms with E-state index in [0.29, 0.717) is 5.56 Å². The summed E-state index contributed by atoms with van der Waals surface area (Å²) >= 11 is 0. The number of hydrogen-bond acceptors (Lipinski definition) is 6. The predicted octanol–water partition coefficient (Wildman–Crippen LogP) is 3.70. The molecule has 1 fully saturated rings. The van der Waals surface area contributed by atoms with Crippen LogP contribution >= 0.6 is 0 Å². The molecule has 0 aliphatic carbocycles. The number of rotatable bonds is 8. The summed E-state index contributed by atoms with van der Waals surface area (Å²) in [5.74, 6) is -1.07. The third kappa shape index (κ3) is 6.64. The van der Waals surface area contributed by atoms with Gasteiger partial charge in [0.15, 0.2) is 0 Å². The van der Waals surface area contributed by atoms with E-state index in [0.717, 1.165) is 6.07 Å². The van der Waals surface area contributed by atoms with E-state index in [1.165, 1.54) is 31.4 Å². The fourth-order valence-electron chi connectivity index (χ4n) is 3.61. The molecule has 0 unspecified atom stereocenters. The van der Waals surface area contributed by atoms with Crippen LogP contribution in [-0.2, 0) is 27.0 Å². The molecule has 35 heavy (non-hydrogen) atoms. The highest BCUT2D eigenvalue weighted by atomic mass is 19.4. The van der Waals surface area contributed by atoms with E-state index in [9.17, 15) is 22.8 Å². The molecule has 2 N–H and O–H groups in total. The van der Waals surface area contributed by atoms with Gasteiger partial charge in [-0.3, -0.25) is 9.59 Å². The number of carbonyl (C=O) groups is 2. The minimum Gasteiger partial charge on any atom is -0.497 e. The molecule has 2 amide bonds. The van der Waals surface area contributed by atoms with Gasteiger partial charge in [0.05, 0.1) is 13.2 Å². The number of benzene rings is 2. The van der Waals surface area contributed by atoms with Gasteiger partial charge in [0, 0.05) is 32.6 Å². The zero-order valence-electron chi connectivity index (χ0n) is 18.9. The van der Waals surface area contributed by atoms with Crippen LogP contribution in [0.25, 0.3) is 0 Å². The van der Waals surface area contributed by atoms with E-state index in [1.54, 1.807) is 18.2 Å². The topological polar surface area (TPSA) is 110 Å². The highest BCUT2D eigenvalue weighted by Crippen LogP contribution is 2.40. The largest absolute Gasteiger partial charge is 0.497 e. The van der Waals surface area contributed by atoms with E-state index < -0.39 is 29.1 Å².